The Labute approximate surface area is 190 Å². The lowest BCUT2D eigenvalue weighted by Crippen LogP contribution is -2.23. The van der Waals surface area contributed by atoms with Crippen LogP contribution in [0.4, 0.5) is 10.1 Å². The lowest BCUT2D eigenvalue weighted by molar-refractivity contribution is 0.102. The summed E-state index contributed by atoms with van der Waals surface area (Å²) in [6.07, 6.45) is 3.49. The van der Waals surface area contributed by atoms with Gasteiger partial charge in [0.1, 0.15) is 11.5 Å². The summed E-state index contributed by atoms with van der Waals surface area (Å²) in [5, 5.41) is 7.42. The van der Waals surface area contributed by atoms with E-state index in [-0.39, 0.29) is 17.1 Å². The zero-order valence-corrected chi connectivity index (χ0v) is 18.5. The number of nitrogens with one attached hydrogen (secondary N) is 1. The normalized spacial score (nSPS) is 13.1. The van der Waals surface area contributed by atoms with E-state index in [2.05, 4.69) is 10.4 Å². The first-order valence-electron chi connectivity index (χ1n) is 11.0. The third-order valence-corrected chi connectivity index (χ3v) is 6.26. The molecule has 1 aliphatic rings. The van der Waals surface area contributed by atoms with Gasteiger partial charge in [0, 0.05) is 18.3 Å². The van der Waals surface area contributed by atoms with Crippen molar-refractivity contribution >= 4 is 11.6 Å². The van der Waals surface area contributed by atoms with Gasteiger partial charge in [-0.15, -0.1) is 0 Å². The van der Waals surface area contributed by atoms with Crippen LogP contribution in [0.2, 0.25) is 0 Å². The number of para-hydroxylation sites is 1. The van der Waals surface area contributed by atoms with Crippen LogP contribution in [0.1, 0.15) is 40.3 Å². The van der Waals surface area contributed by atoms with E-state index in [9.17, 15) is 14.0 Å². The molecule has 0 atom stereocenters. The van der Waals surface area contributed by atoms with Gasteiger partial charge in [0.25, 0.3) is 11.5 Å². The standard InChI is InChI=1S/C25H24FN5O2/c1-16-22(25(33)31(29(16)2)19-8-4-3-5-9-19)27-24(32)23-20-10-6-7-11-21(20)30(28-23)18-14-12-17(26)13-15-18/h3-5,8-9,12-15H,6-7,10-11H2,1-2H3,(H,27,32). The van der Waals surface area contributed by atoms with Crippen LogP contribution in [0, 0.1) is 12.7 Å². The second-order valence-electron chi connectivity index (χ2n) is 8.26. The van der Waals surface area contributed by atoms with E-state index in [0.29, 0.717) is 22.8 Å². The van der Waals surface area contributed by atoms with Gasteiger partial charge in [-0.1, -0.05) is 18.2 Å². The summed E-state index contributed by atoms with van der Waals surface area (Å²) in [7, 11) is 1.78. The van der Waals surface area contributed by atoms with Gasteiger partial charge in [-0.05, 0) is 69.0 Å². The lowest BCUT2D eigenvalue weighted by Gasteiger charge is -2.14. The minimum absolute atomic E-state index is 0.229. The van der Waals surface area contributed by atoms with E-state index >= 15 is 0 Å². The van der Waals surface area contributed by atoms with Gasteiger partial charge in [-0.25, -0.2) is 13.8 Å². The molecule has 4 aromatic rings. The van der Waals surface area contributed by atoms with Crippen molar-refractivity contribution in [3.63, 3.8) is 0 Å². The second kappa shape index (κ2) is 8.20. The SMILES string of the molecule is Cc1c(NC(=O)c2nn(-c3ccc(F)cc3)c3c2CCCC3)c(=O)n(-c2ccccc2)n1C. The number of nitrogens with zero attached hydrogens (tertiary/aromatic N) is 4. The molecule has 0 aliphatic heterocycles. The number of anilines is 1. The fourth-order valence-electron chi connectivity index (χ4n) is 4.46. The largest absolute Gasteiger partial charge is 0.314 e. The number of carbonyl (C=O) groups is 1. The molecular weight excluding hydrogens is 421 g/mol. The Kier molecular flexibility index (Phi) is 5.20. The average Bonchev–Trinajstić information content (AvgIpc) is 3.31. The van der Waals surface area contributed by atoms with Crippen molar-refractivity contribution in [2.45, 2.75) is 32.6 Å². The van der Waals surface area contributed by atoms with Crippen molar-refractivity contribution in [1.29, 1.82) is 0 Å². The number of halogens is 1. The van der Waals surface area contributed by atoms with Crippen molar-refractivity contribution in [1.82, 2.24) is 19.1 Å². The Morgan fingerprint density at radius 1 is 1.00 bits per heavy atom. The minimum Gasteiger partial charge on any atom is -0.314 e. The molecule has 0 radical (unpaired) electrons. The van der Waals surface area contributed by atoms with Crippen molar-refractivity contribution in [2.75, 3.05) is 5.32 Å². The van der Waals surface area contributed by atoms with E-state index < -0.39 is 5.91 Å². The fraction of sp³-hybridized carbons (Fsp3) is 0.240. The van der Waals surface area contributed by atoms with Crippen molar-refractivity contribution < 1.29 is 9.18 Å². The lowest BCUT2D eigenvalue weighted by atomic mass is 9.95. The highest BCUT2D eigenvalue weighted by Gasteiger charge is 2.27. The zero-order chi connectivity index (χ0) is 23.1. The Morgan fingerprint density at radius 2 is 1.70 bits per heavy atom. The topological polar surface area (TPSA) is 73.8 Å². The maximum Gasteiger partial charge on any atom is 0.295 e. The van der Waals surface area contributed by atoms with E-state index in [1.807, 2.05) is 30.3 Å². The van der Waals surface area contributed by atoms with Gasteiger partial charge in [-0.3, -0.25) is 14.3 Å². The molecule has 2 aromatic carbocycles. The summed E-state index contributed by atoms with van der Waals surface area (Å²) in [6.45, 7) is 1.79. The molecule has 1 aliphatic carbocycles. The van der Waals surface area contributed by atoms with Gasteiger partial charge in [0.15, 0.2) is 5.69 Å². The van der Waals surface area contributed by atoms with Crippen LogP contribution in [-0.2, 0) is 19.9 Å². The molecule has 0 saturated carbocycles. The van der Waals surface area contributed by atoms with E-state index in [0.717, 1.165) is 36.9 Å². The van der Waals surface area contributed by atoms with E-state index in [1.165, 1.54) is 16.8 Å². The Hall–Kier alpha value is -3.94. The number of carbonyl (C=O) groups excluding carboxylic acids is 1. The highest BCUT2D eigenvalue weighted by Crippen LogP contribution is 2.28. The summed E-state index contributed by atoms with van der Waals surface area (Å²) in [6, 6.07) is 15.3. The molecule has 5 rings (SSSR count). The molecule has 0 bridgehead atoms. The van der Waals surface area contributed by atoms with Gasteiger partial charge in [0.2, 0.25) is 0 Å². The van der Waals surface area contributed by atoms with Crippen LogP contribution >= 0.6 is 0 Å². The maximum absolute atomic E-state index is 13.4. The second-order valence-corrected chi connectivity index (χ2v) is 8.26. The number of hydrogen-bond donors (Lipinski definition) is 1. The molecule has 33 heavy (non-hydrogen) atoms. The van der Waals surface area contributed by atoms with Crippen LogP contribution < -0.4 is 10.9 Å². The Morgan fingerprint density at radius 3 is 2.42 bits per heavy atom. The maximum atomic E-state index is 13.4. The van der Waals surface area contributed by atoms with Crippen LogP contribution in [0.3, 0.4) is 0 Å². The molecule has 2 heterocycles. The molecule has 168 valence electrons. The van der Waals surface area contributed by atoms with Gasteiger partial charge in [0.05, 0.1) is 17.1 Å². The van der Waals surface area contributed by atoms with Crippen LogP contribution in [0.25, 0.3) is 11.4 Å². The predicted molar refractivity (Wildman–Crippen MR) is 124 cm³/mol. The van der Waals surface area contributed by atoms with E-state index in [1.54, 1.807) is 35.5 Å². The highest BCUT2D eigenvalue weighted by molar-refractivity contribution is 6.04. The fourth-order valence-corrected chi connectivity index (χ4v) is 4.46. The monoisotopic (exact) mass is 445 g/mol. The molecule has 0 spiro atoms. The average molecular weight is 445 g/mol. The Balaban J connectivity index is 1.54. The third-order valence-electron chi connectivity index (χ3n) is 6.26. The third kappa shape index (κ3) is 3.57. The Bertz CT molecular complexity index is 1400. The highest BCUT2D eigenvalue weighted by atomic mass is 19.1. The summed E-state index contributed by atoms with van der Waals surface area (Å²) in [5.74, 6) is -0.744. The van der Waals surface area contributed by atoms with Crippen molar-refractivity contribution in [2.24, 2.45) is 7.05 Å². The van der Waals surface area contributed by atoms with Gasteiger partial charge in [-0.2, -0.15) is 5.10 Å². The molecule has 0 saturated heterocycles. The zero-order valence-electron chi connectivity index (χ0n) is 18.5. The van der Waals surface area contributed by atoms with Gasteiger partial charge >= 0.3 is 0 Å². The molecule has 1 N–H and O–H groups in total. The summed E-state index contributed by atoms with van der Waals surface area (Å²) in [4.78, 5) is 26.5. The number of amides is 1. The number of aromatic nitrogens is 4. The molecule has 7 nitrogen and oxygen atoms in total. The van der Waals surface area contributed by atoms with Crippen molar-refractivity contribution in [3.05, 3.63) is 93.4 Å². The number of rotatable bonds is 4. The number of hydrogen-bond acceptors (Lipinski definition) is 3. The minimum atomic E-state index is -0.417. The van der Waals surface area contributed by atoms with Gasteiger partial charge < -0.3 is 5.32 Å². The summed E-state index contributed by atoms with van der Waals surface area (Å²) < 4.78 is 18.4. The molecule has 1 amide bonds. The number of fused-ring (bicyclic) bond motifs is 1. The first-order chi connectivity index (χ1) is 16.0. The van der Waals surface area contributed by atoms with Crippen LogP contribution in [-0.4, -0.2) is 25.1 Å². The van der Waals surface area contributed by atoms with Crippen LogP contribution in [0.15, 0.2) is 59.4 Å². The first-order valence-corrected chi connectivity index (χ1v) is 11.0. The molecular formula is C25H24FN5O2. The molecule has 0 unspecified atom stereocenters. The summed E-state index contributed by atoms with van der Waals surface area (Å²) >= 11 is 0. The summed E-state index contributed by atoms with van der Waals surface area (Å²) in [5.41, 5.74) is 4.15. The smallest absolute Gasteiger partial charge is 0.295 e. The molecule has 0 fully saturated rings. The number of benzene rings is 2. The van der Waals surface area contributed by atoms with Crippen molar-refractivity contribution in [3.8, 4) is 11.4 Å². The van der Waals surface area contributed by atoms with Crippen LogP contribution in [0.5, 0.6) is 0 Å². The quantitative estimate of drug-likeness (QED) is 0.517. The first kappa shape index (κ1) is 20.9. The molecule has 2 aromatic heterocycles. The van der Waals surface area contributed by atoms with E-state index in [4.69, 9.17) is 0 Å². The predicted octanol–water partition coefficient (Wildman–Crippen LogP) is 3.94. The molecule has 8 heteroatoms.